The molecule has 2 rings (SSSR count). The maximum Gasteiger partial charge on any atom is 0.130 e. The highest BCUT2D eigenvalue weighted by atomic mass is 19.1. The van der Waals surface area contributed by atoms with Gasteiger partial charge in [-0.3, -0.25) is 4.98 Å². The quantitative estimate of drug-likeness (QED) is 0.886. The van der Waals surface area contributed by atoms with Gasteiger partial charge in [-0.05, 0) is 23.8 Å². The zero-order valence-corrected chi connectivity index (χ0v) is 11.5. The summed E-state index contributed by atoms with van der Waals surface area (Å²) in [5, 5.41) is 18.2. The molecule has 0 radical (unpaired) electrons. The van der Waals surface area contributed by atoms with Crippen molar-refractivity contribution < 1.29 is 9.50 Å². The van der Waals surface area contributed by atoms with Gasteiger partial charge in [0.2, 0.25) is 0 Å². The summed E-state index contributed by atoms with van der Waals surface area (Å²) >= 11 is 0. The monoisotopic (exact) mass is 285 g/mol. The van der Waals surface area contributed by atoms with Gasteiger partial charge < -0.3 is 10.0 Å². The molecule has 4 nitrogen and oxygen atoms in total. The van der Waals surface area contributed by atoms with E-state index >= 15 is 0 Å². The lowest BCUT2D eigenvalue weighted by Gasteiger charge is -2.26. The first kappa shape index (κ1) is 14.9. The van der Waals surface area contributed by atoms with Crippen molar-refractivity contribution in [3.05, 3.63) is 59.7 Å². The van der Waals surface area contributed by atoms with Gasteiger partial charge in [-0.1, -0.05) is 12.1 Å². The van der Waals surface area contributed by atoms with Gasteiger partial charge in [-0.15, -0.1) is 0 Å². The third-order valence-corrected chi connectivity index (χ3v) is 3.18. The molecule has 0 amide bonds. The van der Waals surface area contributed by atoms with Crippen molar-refractivity contribution in [2.45, 2.75) is 19.6 Å². The van der Waals surface area contributed by atoms with Gasteiger partial charge in [0.15, 0.2) is 0 Å². The predicted molar refractivity (Wildman–Crippen MR) is 77.8 cm³/mol. The number of anilines is 1. The average Bonchev–Trinajstić information content (AvgIpc) is 2.52. The Morgan fingerprint density at radius 2 is 2.14 bits per heavy atom. The zero-order valence-electron chi connectivity index (χ0n) is 11.5. The minimum atomic E-state index is -0.442. The number of hydrogen-bond donors (Lipinski definition) is 1. The lowest BCUT2D eigenvalue weighted by atomic mass is 10.1. The van der Waals surface area contributed by atoms with Crippen LogP contribution < -0.4 is 4.90 Å². The summed E-state index contributed by atoms with van der Waals surface area (Å²) < 4.78 is 13.8. The van der Waals surface area contributed by atoms with Gasteiger partial charge in [0, 0.05) is 36.7 Å². The van der Waals surface area contributed by atoms with E-state index in [1.165, 1.54) is 6.07 Å². The van der Waals surface area contributed by atoms with Crippen LogP contribution in [0.5, 0.6) is 0 Å². The number of nitriles is 1. The van der Waals surface area contributed by atoms with Crippen LogP contribution in [0.3, 0.4) is 0 Å². The normalized spacial score (nSPS) is 10.1. The van der Waals surface area contributed by atoms with Gasteiger partial charge in [-0.25, -0.2) is 4.39 Å². The summed E-state index contributed by atoms with van der Waals surface area (Å²) in [5.74, 6) is -0.442. The van der Waals surface area contributed by atoms with E-state index < -0.39 is 5.82 Å². The maximum absolute atomic E-state index is 13.8. The molecule has 0 saturated carbocycles. The van der Waals surface area contributed by atoms with Crippen LogP contribution in [0.25, 0.3) is 0 Å². The topological polar surface area (TPSA) is 60.2 Å². The van der Waals surface area contributed by atoms with Crippen LogP contribution in [0, 0.1) is 17.1 Å². The fourth-order valence-corrected chi connectivity index (χ4v) is 2.18. The standard InChI is InChI=1S/C16H16FN3O/c17-15-5-1-6-16(14(15)12-21)20(9-3-7-18)11-13-4-2-8-19-10-13/h1-2,4-6,8,10,21H,3,9,11-12H2. The summed E-state index contributed by atoms with van der Waals surface area (Å²) in [5.41, 5.74) is 1.82. The molecule has 5 heteroatoms. The number of hydrogen-bond acceptors (Lipinski definition) is 4. The van der Waals surface area contributed by atoms with E-state index in [0.717, 1.165) is 5.56 Å². The van der Waals surface area contributed by atoms with E-state index in [9.17, 15) is 9.50 Å². The summed E-state index contributed by atoms with van der Waals surface area (Å²) in [4.78, 5) is 5.94. The van der Waals surface area contributed by atoms with Crippen LogP contribution in [0.1, 0.15) is 17.5 Å². The molecule has 0 aliphatic rings. The minimum absolute atomic E-state index is 0.249. The first-order chi connectivity index (χ1) is 10.3. The number of halogens is 1. The van der Waals surface area contributed by atoms with Gasteiger partial charge in [-0.2, -0.15) is 5.26 Å². The number of benzene rings is 1. The van der Waals surface area contributed by atoms with Gasteiger partial charge in [0.05, 0.1) is 19.1 Å². The molecular weight excluding hydrogens is 269 g/mol. The second kappa shape index (κ2) is 7.36. The molecule has 1 heterocycles. The van der Waals surface area contributed by atoms with Crippen molar-refractivity contribution in [1.29, 1.82) is 5.26 Å². The molecule has 0 atom stereocenters. The number of aliphatic hydroxyl groups excluding tert-OH is 1. The molecule has 108 valence electrons. The van der Waals surface area contributed by atoms with Crippen LogP contribution in [-0.4, -0.2) is 16.6 Å². The van der Waals surface area contributed by atoms with Crippen molar-refractivity contribution in [3.63, 3.8) is 0 Å². The molecule has 0 aliphatic heterocycles. The highest BCUT2D eigenvalue weighted by Gasteiger charge is 2.14. The van der Waals surface area contributed by atoms with E-state index in [-0.39, 0.29) is 12.2 Å². The zero-order chi connectivity index (χ0) is 15.1. The van der Waals surface area contributed by atoms with E-state index in [2.05, 4.69) is 11.1 Å². The Bertz CT molecular complexity index is 625. The number of rotatable bonds is 6. The van der Waals surface area contributed by atoms with Crippen molar-refractivity contribution in [3.8, 4) is 6.07 Å². The Kier molecular flexibility index (Phi) is 5.24. The largest absolute Gasteiger partial charge is 0.391 e. The fraction of sp³-hybridized carbons (Fsp3) is 0.250. The number of aromatic nitrogens is 1. The smallest absolute Gasteiger partial charge is 0.130 e. The molecule has 0 saturated heterocycles. The number of nitrogens with zero attached hydrogens (tertiary/aromatic N) is 3. The fourth-order valence-electron chi connectivity index (χ4n) is 2.18. The van der Waals surface area contributed by atoms with Crippen molar-refractivity contribution in [2.75, 3.05) is 11.4 Å². The van der Waals surface area contributed by atoms with Crippen molar-refractivity contribution in [2.24, 2.45) is 0 Å². The molecule has 1 N–H and O–H groups in total. The van der Waals surface area contributed by atoms with E-state index in [4.69, 9.17) is 5.26 Å². The summed E-state index contributed by atoms with van der Waals surface area (Å²) in [6, 6.07) is 10.5. The molecule has 21 heavy (non-hydrogen) atoms. The third kappa shape index (κ3) is 3.77. The molecule has 0 fully saturated rings. The number of pyridine rings is 1. The summed E-state index contributed by atoms with van der Waals surface area (Å²) in [6.07, 6.45) is 3.74. The highest BCUT2D eigenvalue weighted by Crippen LogP contribution is 2.25. The lowest BCUT2D eigenvalue weighted by Crippen LogP contribution is -2.25. The average molecular weight is 285 g/mol. The predicted octanol–water partition coefficient (Wildman–Crippen LogP) is 2.63. The molecule has 0 bridgehead atoms. The summed E-state index contributed by atoms with van der Waals surface area (Å²) in [7, 11) is 0. The van der Waals surface area contributed by atoms with Crippen LogP contribution in [0.4, 0.5) is 10.1 Å². The molecule has 0 aliphatic carbocycles. The van der Waals surface area contributed by atoms with Gasteiger partial charge in [0.1, 0.15) is 5.82 Å². The van der Waals surface area contributed by atoms with Gasteiger partial charge in [0.25, 0.3) is 0 Å². The van der Waals surface area contributed by atoms with Crippen LogP contribution in [0.2, 0.25) is 0 Å². The minimum Gasteiger partial charge on any atom is -0.391 e. The molecule has 2 aromatic rings. The second-order valence-electron chi connectivity index (χ2n) is 4.59. The summed E-state index contributed by atoms with van der Waals surface area (Å²) in [6.45, 7) is 0.589. The first-order valence-corrected chi connectivity index (χ1v) is 6.65. The Morgan fingerprint density at radius 1 is 1.29 bits per heavy atom. The van der Waals surface area contributed by atoms with Gasteiger partial charge >= 0.3 is 0 Å². The second-order valence-corrected chi connectivity index (χ2v) is 4.59. The molecule has 0 spiro atoms. The number of aliphatic hydroxyl groups is 1. The molecule has 1 aromatic carbocycles. The van der Waals surface area contributed by atoms with Crippen molar-refractivity contribution >= 4 is 5.69 Å². The van der Waals surface area contributed by atoms with E-state index in [1.54, 1.807) is 24.5 Å². The Hall–Kier alpha value is -2.45. The molecule has 0 unspecified atom stereocenters. The molecular formula is C16H16FN3O. The van der Waals surface area contributed by atoms with E-state index in [1.807, 2.05) is 17.0 Å². The van der Waals surface area contributed by atoms with Crippen molar-refractivity contribution in [1.82, 2.24) is 4.98 Å². The first-order valence-electron chi connectivity index (χ1n) is 6.65. The SMILES string of the molecule is N#CCCN(Cc1cccnc1)c1cccc(F)c1CO. The Labute approximate surface area is 123 Å². The maximum atomic E-state index is 13.8. The third-order valence-electron chi connectivity index (χ3n) is 3.18. The van der Waals surface area contributed by atoms with Crippen LogP contribution in [-0.2, 0) is 13.2 Å². The molecule has 1 aromatic heterocycles. The lowest BCUT2D eigenvalue weighted by molar-refractivity contribution is 0.276. The Morgan fingerprint density at radius 3 is 2.81 bits per heavy atom. The highest BCUT2D eigenvalue weighted by molar-refractivity contribution is 5.54. The van der Waals surface area contributed by atoms with E-state index in [0.29, 0.717) is 25.2 Å². The van der Waals surface area contributed by atoms with Crippen LogP contribution >= 0.6 is 0 Å². The Balaban J connectivity index is 2.32. The van der Waals surface area contributed by atoms with Crippen LogP contribution in [0.15, 0.2) is 42.7 Å².